The summed E-state index contributed by atoms with van der Waals surface area (Å²) in [6.45, 7) is 8.05. The molecule has 1 aliphatic heterocycles. The number of nitrogens with zero attached hydrogens (tertiary/aromatic N) is 4. The van der Waals surface area contributed by atoms with Gasteiger partial charge in [0.25, 0.3) is 12.9 Å². The van der Waals surface area contributed by atoms with Crippen LogP contribution in [0.2, 0.25) is 0 Å². The molecular formula is C24H45N5O10. The molecule has 0 radical (unpaired) electrons. The molecule has 0 spiro atoms. The summed E-state index contributed by atoms with van der Waals surface area (Å²) < 4.78 is 20.6. The molecule has 1 atom stereocenters. The van der Waals surface area contributed by atoms with Gasteiger partial charge < -0.3 is 34.5 Å². The van der Waals surface area contributed by atoms with Crippen LogP contribution in [0.3, 0.4) is 0 Å². The van der Waals surface area contributed by atoms with Gasteiger partial charge in [-0.05, 0) is 6.42 Å². The van der Waals surface area contributed by atoms with Crippen molar-refractivity contribution in [2.45, 2.75) is 19.4 Å². The fraction of sp³-hybridized carbons (Fsp3) is 0.833. The Morgan fingerprint density at radius 1 is 0.846 bits per heavy atom. The zero-order valence-electron chi connectivity index (χ0n) is 22.9. The average molecular weight is 564 g/mol. The largest absolute Gasteiger partial charge is 0.480 e. The van der Waals surface area contributed by atoms with Gasteiger partial charge in [0.15, 0.2) is 0 Å². The Morgan fingerprint density at radius 3 is 1.87 bits per heavy atom. The molecule has 0 aliphatic carbocycles. The second kappa shape index (κ2) is 22.4. The molecule has 0 saturated carbocycles. The first kappa shape index (κ1) is 34.6. The highest BCUT2D eigenvalue weighted by molar-refractivity contribution is 5.77. The maximum Gasteiger partial charge on any atom is 0.317 e. The zero-order valence-corrected chi connectivity index (χ0v) is 22.9. The van der Waals surface area contributed by atoms with Gasteiger partial charge in [0.05, 0.1) is 32.5 Å². The van der Waals surface area contributed by atoms with Crippen molar-refractivity contribution in [3.63, 3.8) is 0 Å². The second-order valence-electron chi connectivity index (χ2n) is 9.12. The first-order valence-corrected chi connectivity index (χ1v) is 13.2. The third-order valence-electron chi connectivity index (χ3n) is 5.90. The minimum absolute atomic E-state index is 0.0429. The van der Waals surface area contributed by atoms with E-state index in [2.05, 4.69) is 5.32 Å². The van der Waals surface area contributed by atoms with Gasteiger partial charge in [-0.3, -0.25) is 38.8 Å². The molecule has 1 heterocycles. The first-order chi connectivity index (χ1) is 18.9. The number of aliphatic hydroxyl groups is 1. The lowest BCUT2D eigenvalue weighted by molar-refractivity contribution is -0.139. The Morgan fingerprint density at radius 2 is 1.36 bits per heavy atom. The van der Waals surface area contributed by atoms with E-state index in [0.717, 1.165) is 6.42 Å². The predicted molar refractivity (Wildman–Crippen MR) is 139 cm³/mol. The van der Waals surface area contributed by atoms with Crippen LogP contribution in [0.4, 0.5) is 0 Å². The van der Waals surface area contributed by atoms with Crippen molar-refractivity contribution in [1.29, 1.82) is 0 Å². The number of carboxylic acid groups (broad SMARTS) is 1. The molecule has 15 heteroatoms. The Balaban J connectivity index is 2.63. The number of hydrogen-bond donors (Lipinski definition) is 3. The van der Waals surface area contributed by atoms with Crippen LogP contribution < -0.4 is 5.32 Å². The number of carbonyl (C=O) groups excluding carboxylic acids is 3. The fourth-order valence-electron chi connectivity index (χ4n) is 3.81. The van der Waals surface area contributed by atoms with Gasteiger partial charge in [-0.15, -0.1) is 0 Å². The van der Waals surface area contributed by atoms with Gasteiger partial charge in [-0.1, -0.05) is 6.92 Å². The predicted octanol–water partition coefficient (Wildman–Crippen LogP) is -2.53. The SMILES string of the molecule is CCCNC(=O)COCCOCC(O)CN1CCN(COC=O)CCN(COC=O)CCN(CC(=O)O)CC1. The van der Waals surface area contributed by atoms with Crippen LogP contribution in [0.1, 0.15) is 13.3 Å². The highest BCUT2D eigenvalue weighted by Crippen LogP contribution is 2.03. The summed E-state index contributed by atoms with van der Waals surface area (Å²) in [4.78, 5) is 52.0. The number of aliphatic hydroxyl groups excluding tert-OH is 1. The number of rotatable bonds is 19. The number of hydrogen-bond acceptors (Lipinski definition) is 13. The van der Waals surface area contributed by atoms with Crippen molar-refractivity contribution in [2.75, 3.05) is 112 Å². The van der Waals surface area contributed by atoms with Crippen LogP contribution in [-0.2, 0) is 38.1 Å². The van der Waals surface area contributed by atoms with Crippen LogP contribution in [0.15, 0.2) is 0 Å². The smallest absolute Gasteiger partial charge is 0.317 e. The van der Waals surface area contributed by atoms with Gasteiger partial charge >= 0.3 is 5.97 Å². The lowest BCUT2D eigenvalue weighted by Crippen LogP contribution is -2.49. The van der Waals surface area contributed by atoms with Gasteiger partial charge in [0.1, 0.15) is 20.1 Å². The third kappa shape index (κ3) is 18.5. The van der Waals surface area contributed by atoms with E-state index in [9.17, 15) is 29.4 Å². The van der Waals surface area contributed by atoms with Crippen LogP contribution in [0.25, 0.3) is 0 Å². The van der Waals surface area contributed by atoms with Gasteiger partial charge in [-0.2, -0.15) is 0 Å². The summed E-state index contributed by atoms with van der Waals surface area (Å²) in [5.41, 5.74) is 0. The molecule has 1 saturated heterocycles. The molecule has 1 unspecified atom stereocenters. The molecule has 0 aromatic rings. The van der Waals surface area contributed by atoms with Crippen molar-refractivity contribution in [3.05, 3.63) is 0 Å². The number of ether oxygens (including phenoxy) is 4. The van der Waals surface area contributed by atoms with E-state index in [1.807, 2.05) is 21.6 Å². The van der Waals surface area contributed by atoms with Crippen molar-refractivity contribution >= 4 is 24.8 Å². The summed E-state index contributed by atoms with van der Waals surface area (Å²) in [6.07, 6.45) is 0.0527. The standard InChI is InChI=1S/C24H45N5O10/c1-2-3-25-23(33)17-37-13-12-36-16-22(32)14-26-4-5-27(15-24(34)35)7-9-29(19-39-21-31)11-10-28(8-6-26)18-38-20-30/h20-22,32H,2-19H2,1H3,(H,25,33)(H,34,35). The maximum absolute atomic E-state index is 11.5. The molecule has 226 valence electrons. The highest BCUT2D eigenvalue weighted by Gasteiger charge is 2.20. The highest BCUT2D eigenvalue weighted by atomic mass is 16.5. The van der Waals surface area contributed by atoms with E-state index in [1.165, 1.54) is 0 Å². The summed E-state index contributed by atoms with van der Waals surface area (Å²) in [5, 5.41) is 22.6. The maximum atomic E-state index is 11.5. The quantitative estimate of drug-likeness (QED) is 0.111. The minimum atomic E-state index is -0.944. The van der Waals surface area contributed by atoms with Gasteiger partial charge in [0, 0.05) is 65.4 Å². The number of carbonyl (C=O) groups is 4. The molecule has 3 N–H and O–H groups in total. The number of nitrogens with one attached hydrogen (secondary N) is 1. The Kier molecular flexibility index (Phi) is 19.9. The normalized spacial score (nSPS) is 17.9. The van der Waals surface area contributed by atoms with Crippen molar-refractivity contribution in [2.24, 2.45) is 0 Å². The van der Waals surface area contributed by atoms with E-state index in [0.29, 0.717) is 78.4 Å². The van der Waals surface area contributed by atoms with E-state index >= 15 is 0 Å². The Hall–Kier alpha value is -2.40. The molecule has 0 bridgehead atoms. The Labute approximate surface area is 229 Å². The van der Waals surface area contributed by atoms with Crippen molar-refractivity contribution in [3.8, 4) is 0 Å². The van der Waals surface area contributed by atoms with Crippen molar-refractivity contribution < 1.29 is 48.3 Å². The fourth-order valence-corrected chi connectivity index (χ4v) is 3.81. The zero-order chi connectivity index (χ0) is 28.7. The first-order valence-electron chi connectivity index (χ1n) is 13.2. The lowest BCUT2D eigenvalue weighted by atomic mass is 10.3. The molecule has 0 aromatic heterocycles. The number of β-amino-alcohol motifs (C(OH)–C–C–N with tert-alkyl or cyclic N) is 1. The molecule has 1 aliphatic rings. The molecule has 15 nitrogen and oxygen atoms in total. The molecule has 0 aromatic carbocycles. The van der Waals surface area contributed by atoms with Crippen LogP contribution >= 0.6 is 0 Å². The Bertz CT molecular complexity index is 690. The third-order valence-corrected chi connectivity index (χ3v) is 5.90. The number of amides is 1. The van der Waals surface area contributed by atoms with E-state index < -0.39 is 12.1 Å². The second-order valence-corrected chi connectivity index (χ2v) is 9.12. The summed E-state index contributed by atoms with van der Waals surface area (Å²) in [6, 6.07) is 0. The summed E-state index contributed by atoms with van der Waals surface area (Å²) in [5.74, 6) is -1.13. The molecule has 1 amide bonds. The van der Waals surface area contributed by atoms with Crippen LogP contribution in [0.5, 0.6) is 0 Å². The minimum Gasteiger partial charge on any atom is -0.480 e. The molecule has 1 rings (SSSR count). The van der Waals surface area contributed by atoms with Crippen LogP contribution in [0, 0.1) is 0 Å². The lowest BCUT2D eigenvalue weighted by Gasteiger charge is -2.33. The molecule has 39 heavy (non-hydrogen) atoms. The topological polar surface area (TPSA) is 171 Å². The number of carboxylic acids is 1. The average Bonchev–Trinajstić information content (AvgIpc) is 2.91. The summed E-state index contributed by atoms with van der Waals surface area (Å²) >= 11 is 0. The molecular weight excluding hydrogens is 518 g/mol. The molecule has 1 fully saturated rings. The van der Waals surface area contributed by atoms with Crippen LogP contribution in [-0.4, -0.2) is 173 Å². The van der Waals surface area contributed by atoms with E-state index in [-0.39, 0.29) is 52.3 Å². The van der Waals surface area contributed by atoms with Gasteiger partial charge in [0.2, 0.25) is 5.91 Å². The van der Waals surface area contributed by atoms with Crippen molar-refractivity contribution in [1.82, 2.24) is 24.9 Å². The van der Waals surface area contributed by atoms with Gasteiger partial charge in [-0.25, -0.2) is 0 Å². The van der Waals surface area contributed by atoms with E-state index in [1.54, 1.807) is 4.90 Å². The summed E-state index contributed by atoms with van der Waals surface area (Å²) in [7, 11) is 0. The van der Waals surface area contributed by atoms with E-state index in [4.69, 9.17) is 18.9 Å². The monoisotopic (exact) mass is 563 g/mol. The number of aliphatic carboxylic acids is 1.